The van der Waals surface area contributed by atoms with Crippen molar-refractivity contribution in [1.29, 1.82) is 0 Å². The van der Waals surface area contributed by atoms with Crippen LogP contribution in [0.15, 0.2) is 42.5 Å². The van der Waals surface area contributed by atoms with E-state index in [2.05, 4.69) is 37.2 Å². The number of rotatable bonds is 4. The molecule has 3 aliphatic rings. The number of alkyl halides is 2. The standard InChI is InChI=1S/C23H19Br2ClN2O4/c1-32-16-7-6-10(26)8-14(16)27-21(29)11-4-2-3-5-15(11)28-22(30)17-12-9-13(18(17)23(28)31)20(25)19(12)24/h2-8,12-13,17-20H,9H2,1H3,(H,27,29)/t12-,13-,17-,18+,19+,20+/m1/s1. The molecule has 3 fully saturated rings. The monoisotopic (exact) mass is 580 g/mol. The maximum atomic E-state index is 13.4. The first-order valence-corrected chi connectivity index (χ1v) is 12.4. The van der Waals surface area contributed by atoms with Crippen LogP contribution in [0, 0.1) is 23.7 Å². The zero-order valence-electron chi connectivity index (χ0n) is 16.9. The van der Waals surface area contributed by atoms with Crippen molar-refractivity contribution in [2.45, 2.75) is 16.1 Å². The Morgan fingerprint density at radius 2 is 1.69 bits per heavy atom. The Hall–Kier alpha value is -1.90. The molecule has 2 aliphatic carbocycles. The molecule has 166 valence electrons. The lowest BCUT2D eigenvalue weighted by molar-refractivity contribution is -0.123. The van der Waals surface area contributed by atoms with E-state index >= 15 is 0 Å². The van der Waals surface area contributed by atoms with Gasteiger partial charge in [-0.1, -0.05) is 55.6 Å². The third kappa shape index (κ3) is 3.22. The van der Waals surface area contributed by atoms with E-state index in [0.717, 1.165) is 6.42 Å². The lowest BCUT2D eigenvalue weighted by Gasteiger charge is -2.28. The first kappa shape index (κ1) is 21.9. The van der Waals surface area contributed by atoms with Gasteiger partial charge in [-0.2, -0.15) is 0 Å². The number of carbonyl (C=O) groups excluding carboxylic acids is 3. The van der Waals surface area contributed by atoms with Crippen LogP contribution in [-0.2, 0) is 9.59 Å². The molecule has 0 aromatic heterocycles. The first-order chi connectivity index (χ1) is 15.3. The maximum absolute atomic E-state index is 13.4. The van der Waals surface area contributed by atoms with Gasteiger partial charge < -0.3 is 10.1 Å². The molecule has 2 saturated carbocycles. The Balaban J connectivity index is 1.48. The van der Waals surface area contributed by atoms with Crippen LogP contribution in [0.1, 0.15) is 16.8 Å². The fraction of sp³-hybridized carbons (Fsp3) is 0.348. The van der Waals surface area contributed by atoms with Crippen molar-refractivity contribution in [3.8, 4) is 5.75 Å². The molecular weight excluding hydrogens is 564 g/mol. The van der Waals surface area contributed by atoms with E-state index in [1.54, 1.807) is 42.5 Å². The van der Waals surface area contributed by atoms with E-state index < -0.39 is 5.91 Å². The second kappa shape index (κ2) is 8.15. The highest BCUT2D eigenvalue weighted by Crippen LogP contribution is 2.60. The minimum absolute atomic E-state index is 0.104. The second-order valence-electron chi connectivity index (χ2n) is 8.33. The number of hydrogen-bond acceptors (Lipinski definition) is 4. The number of fused-ring (bicyclic) bond motifs is 5. The average Bonchev–Trinajstić information content (AvgIpc) is 3.39. The Labute approximate surface area is 206 Å². The van der Waals surface area contributed by atoms with Gasteiger partial charge >= 0.3 is 0 Å². The number of ether oxygens (including phenoxy) is 1. The predicted octanol–water partition coefficient (Wildman–Crippen LogP) is 4.88. The summed E-state index contributed by atoms with van der Waals surface area (Å²) in [6, 6.07) is 11.6. The molecule has 5 rings (SSSR count). The summed E-state index contributed by atoms with van der Waals surface area (Å²) in [5.74, 6) is -0.955. The Kier molecular flexibility index (Phi) is 5.58. The van der Waals surface area contributed by atoms with E-state index in [1.807, 2.05) is 0 Å². The van der Waals surface area contributed by atoms with Crippen molar-refractivity contribution in [1.82, 2.24) is 0 Å². The molecule has 32 heavy (non-hydrogen) atoms. The molecule has 1 heterocycles. The summed E-state index contributed by atoms with van der Waals surface area (Å²) in [5.41, 5.74) is 0.930. The molecule has 1 saturated heterocycles. The van der Waals surface area contributed by atoms with Gasteiger partial charge in [0.25, 0.3) is 5.91 Å². The molecule has 1 aliphatic heterocycles. The molecule has 6 nitrogen and oxygen atoms in total. The van der Waals surface area contributed by atoms with Gasteiger partial charge in [-0.25, -0.2) is 4.90 Å². The normalized spacial score (nSPS) is 30.6. The maximum Gasteiger partial charge on any atom is 0.257 e. The van der Waals surface area contributed by atoms with Crippen molar-refractivity contribution < 1.29 is 19.1 Å². The number of benzene rings is 2. The molecule has 9 heteroatoms. The van der Waals surface area contributed by atoms with E-state index in [1.165, 1.54) is 12.0 Å². The van der Waals surface area contributed by atoms with Gasteiger partial charge in [0.15, 0.2) is 0 Å². The van der Waals surface area contributed by atoms with Crippen molar-refractivity contribution in [3.05, 3.63) is 53.1 Å². The molecule has 0 unspecified atom stereocenters. The number of imide groups is 1. The highest BCUT2D eigenvalue weighted by Gasteiger charge is 2.66. The average molecular weight is 583 g/mol. The van der Waals surface area contributed by atoms with Crippen molar-refractivity contribution in [2.75, 3.05) is 17.3 Å². The van der Waals surface area contributed by atoms with E-state index in [4.69, 9.17) is 16.3 Å². The van der Waals surface area contributed by atoms with Gasteiger partial charge in [0.1, 0.15) is 5.75 Å². The van der Waals surface area contributed by atoms with E-state index in [-0.39, 0.29) is 50.7 Å². The van der Waals surface area contributed by atoms with Gasteiger partial charge in [-0.05, 0) is 48.6 Å². The fourth-order valence-corrected chi connectivity index (χ4v) is 7.46. The third-order valence-corrected chi connectivity index (χ3v) is 10.2. The summed E-state index contributed by atoms with van der Waals surface area (Å²) in [6.07, 6.45) is 0.850. The van der Waals surface area contributed by atoms with Crippen molar-refractivity contribution in [3.63, 3.8) is 0 Å². The lowest BCUT2D eigenvalue weighted by atomic mass is 9.81. The van der Waals surface area contributed by atoms with Crippen LogP contribution >= 0.6 is 43.5 Å². The number of amides is 3. The zero-order valence-corrected chi connectivity index (χ0v) is 20.9. The predicted molar refractivity (Wildman–Crippen MR) is 129 cm³/mol. The zero-order chi connectivity index (χ0) is 22.7. The molecule has 3 amide bonds. The van der Waals surface area contributed by atoms with Crippen LogP contribution in [-0.4, -0.2) is 34.5 Å². The highest BCUT2D eigenvalue weighted by atomic mass is 79.9. The number of halogens is 3. The van der Waals surface area contributed by atoms with Crippen molar-refractivity contribution in [2.24, 2.45) is 23.7 Å². The number of anilines is 2. The smallest absolute Gasteiger partial charge is 0.257 e. The van der Waals surface area contributed by atoms with Crippen LogP contribution in [0.25, 0.3) is 0 Å². The largest absolute Gasteiger partial charge is 0.495 e. The molecular formula is C23H19Br2ClN2O4. The molecule has 0 radical (unpaired) electrons. The number of carbonyl (C=O) groups is 3. The summed E-state index contributed by atoms with van der Waals surface area (Å²) >= 11 is 13.5. The van der Waals surface area contributed by atoms with E-state index in [0.29, 0.717) is 22.1 Å². The summed E-state index contributed by atoms with van der Waals surface area (Å²) in [7, 11) is 1.50. The second-order valence-corrected chi connectivity index (χ2v) is 10.9. The van der Waals surface area contributed by atoms with Gasteiger partial charge in [0.2, 0.25) is 11.8 Å². The summed E-state index contributed by atoms with van der Waals surface area (Å²) in [5, 5.41) is 3.23. The Morgan fingerprint density at radius 3 is 2.31 bits per heavy atom. The van der Waals surface area contributed by atoms with Crippen LogP contribution in [0.2, 0.25) is 5.02 Å². The summed E-state index contributed by atoms with van der Waals surface area (Å²) < 4.78 is 5.30. The summed E-state index contributed by atoms with van der Waals surface area (Å²) in [6.45, 7) is 0. The molecule has 6 atom stereocenters. The Morgan fingerprint density at radius 1 is 1.06 bits per heavy atom. The van der Waals surface area contributed by atoms with E-state index in [9.17, 15) is 14.4 Å². The number of nitrogens with one attached hydrogen (secondary N) is 1. The SMILES string of the molecule is COc1ccc(Cl)cc1NC(=O)c1ccccc1N1C(=O)[C@@H]2[C@H]3C[C@@H]([C@H](Br)[C@H]3Br)[C@@H]2C1=O. The molecule has 0 spiro atoms. The number of para-hydroxylation sites is 1. The van der Waals surface area contributed by atoms with Gasteiger partial charge in [-0.3, -0.25) is 14.4 Å². The number of nitrogens with zero attached hydrogens (tertiary/aromatic N) is 1. The van der Waals surface area contributed by atoms with Crippen LogP contribution < -0.4 is 15.0 Å². The Bertz CT molecular complexity index is 1110. The number of hydrogen-bond donors (Lipinski definition) is 1. The van der Waals surface area contributed by atoms with Crippen LogP contribution in [0.5, 0.6) is 5.75 Å². The lowest BCUT2D eigenvalue weighted by Crippen LogP contribution is -2.37. The van der Waals surface area contributed by atoms with Gasteiger partial charge in [0, 0.05) is 14.7 Å². The molecule has 1 N–H and O–H groups in total. The molecule has 2 aromatic carbocycles. The topological polar surface area (TPSA) is 75.7 Å². The molecule has 2 aromatic rings. The number of methoxy groups -OCH3 is 1. The van der Waals surface area contributed by atoms with Gasteiger partial charge in [-0.15, -0.1) is 0 Å². The van der Waals surface area contributed by atoms with Crippen molar-refractivity contribution >= 4 is 72.6 Å². The minimum Gasteiger partial charge on any atom is -0.495 e. The fourth-order valence-electron chi connectivity index (χ4n) is 5.41. The quantitative estimate of drug-likeness (QED) is 0.412. The highest BCUT2D eigenvalue weighted by molar-refractivity contribution is 9.12. The summed E-state index contributed by atoms with van der Waals surface area (Å²) in [4.78, 5) is 41.6. The third-order valence-electron chi connectivity index (χ3n) is 6.79. The minimum atomic E-state index is -0.460. The van der Waals surface area contributed by atoms with Crippen LogP contribution in [0.4, 0.5) is 11.4 Å². The van der Waals surface area contributed by atoms with Crippen LogP contribution in [0.3, 0.4) is 0 Å². The first-order valence-electron chi connectivity index (χ1n) is 10.2. The van der Waals surface area contributed by atoms with Gasteiger partial charge in [0.05, 0.1) is 35.9 Å². The molecule has 2 bridgehead atoms.